The molecule has 182 valence electrons. The number of amides is 1. The summed E-state index contributed by atoms with van der Waals surface area (Å²) in [5.41, 5.74) is 3.28. The van der Waals surface area contributed by atoms with Crippen molar-refractivity contribution in [1.82, 2.24) is 9.29 Å². The number of esters is 1. The fourth-order valence-corrected chi connectivity index (χ4v) is 5.97. The maximum Gasteiger partial charge on any atom is 0.339 e. The van der Waals surface area contributed by atoms with Crippen molar-refractivity contribution >= 4 is 38.5 Å². The van der Waals surface area contributed by atoms with Gasteiger partial charge in [-0.3, -0.25) is 9.78 Å². The third kappa shape index (κ3) is 4.77. The molecule has 0 unspecified atom stereocenters. The number of nitrogens with one attached hydrogen (secondary N) is 1. The average molecular weight is 496 g/mol. The second-order valence-corrected chi connectivity index (χ2v) is 10.4. The number of para-hydroxylation sites is 1. The second-order valence-electron chi connectivity index (χ2n) is 8.45. The summed E-state index contributed by atoms with van der Waals surface area (Å²) in [7, 11) is -3.70. The van der Waals surface area contributed by atoms with Crippen LogP contribution in [-0.4, -0.2) is 62.5 Å². The summed E-state index contributed by atoms with van der Waals surface area (Å²) in [6, 6.07) is 13.4. The minimum absolute atomic E-state index is 0.0769. The molecule has 2 aliphatic rings. The first kappa shape index (κ1) is 23.4. The maximum atomic E-state index is 13.0. The van der Waals surface area contributed by atoms with Crippen LogP contribution in [0.3, 0.4) is 0 Å². The number of anilines is 1. The molecule has 10 heteroatoms. The van der Waals surface area contributed by atoms with E-state index >= 15 is 0 Å². The molecule has 5 rings (SSSR count). The van der Waals surface area contributed by atoms with Crippen molar-refractivity contribution in [2.24, 2.45) is 0 Å². The van der Waals surface area contributed by atoms with E-state index in [1.54, 1.807) is 12.1 Å². The first-order chi connectivity index (χ1) is 16.9. The number of morpholine rings is 1. The summed E-state index contributed by atoms with van der Waals surface area (Å²) in [5, 5.41) is 3.33. The van der Waals surface area contributed by atoms with Crippen LogP contribution in [0.15, 0.2) is 53.4 Å². The van der Waals surface area contributed by atoms with Crippen LogP contribution in [0.25, 0.3) is 10.9 Å². The normalized spacial score (nSPS) is 16.1. The van der Waals surface area contributed by atoms with Crippen molar-refractivity contribution in [1.29, 1.82) is 0 Å². The van der Waals surface area contributed by atoms with Gasteiger partial charge >= 0.3 is 5.97 Å². The number of pyridine rings is 1. The lowest BCUT2D eigenvalue weighted by molar-refractivity contribution is -0.119. The highest BCUT2D eigenvalue weighted by Crippen LogP contribution is 2.30. The van der Waals surface area contributed by atoms with Crippen LogP contribution in [0.5, 0.6) is 0 Å². The van der Waals surface area contributed by atoms with Crippen molar-refractivity contribution in [3.63, 3.8) is 0 Å². The number of carbonyl (C=O) groups excluding carboxylic acids is 2. The first-order valence-corrected chi connectivity index (χ1v) is 12.9. The maximum absolute atomic E-state index is 13.0. The van der Waals surface area contributed by atoms with Gasteiger partial charge in [-0.15, -0.1) is 0 Å². The number of fused-ring (bicyclic) bond motifs is 2. The highest BCUT2D eigenvalue weighted by atomic mass is 32.2. The van der Waals surface area contributed by atoms with Crippen LogP contribution in [-0.2, 0) is 37.1 Å². The van der Waals surface area contributed by atoms with E-state index < -0.39 is 28.5 Å². The molecule has 1 aromatic heterocycles. The molecule has 1 saturated heterocycles. The Labute approximate surface area is 203 Å². The Balaban J connectivity index is 1.28. The predicted molar refractivity (Wildman–Crippen MR) is 129 cm³/mol. The zero-order chi connectivity index (χ0) is 24.4. The van der Waals surface area contributed by atoms with Crippen LogP contribution in [0.2, 0.25) is 0 Å². The standard InChI is InChI=1S/C25H25N3O6S/c29-23(26-17-5-3-6-18(15-17)35(31,32)28-11-13-33-14-12-28)16-34-25(30)24-19-7-1-2-9-21(19)27-22-10-4-8-20(22)24/h1-3,5-7,9,15H,4,8,10-14,16H2,(H,26,29). The van der Waals surface area contributed by atoms with Gasteiger partial charge < -0.3 is 14.8 Å². The minimum Gasteiger partial charge on any atom is -0.452 e. The Morgan fingerprint density at radius 3 is 2.69 bits per heavy atom. The molecule has 9 nitrogen and oxygen atoms in total. The molecule has 0 bridgehead atoms. The number of aryl methyl sites for hydroxylation is 1. The lowest BCUT2D eigenvalue weighted by Crippen LogP contribution is -2.40. The molecule has 1 aliphatic heterocycles. The molecular weight excluding hydrogens is 470 g/mol. The van der Waals surface area contributed by atoms with Gasteiger partial charge in [-0.25, -0.2) is 13.2 Å². The van der Waals surface area contributed by atoms with Gasteiger partial charge in [0.15, 0.2) is 6.61 Å². The number of aromatic nitrogens is 1. The van der Waals surface area contributed by atoms with Gasteiger partial charge in [0, 0.05) is 29.9 Å². The van der Waals surface area contributed by atoms with Crippen molar-refractivity contribution in [2.75, 3.05) is 38.2 Å². The molecule has 2 heterocycles. The molecule has 1 aliphatic carbocycles. The van der Waals surface area contributed by atoms with E-state index in [1.807, 2.05) is 24.3 Å². The molecule has 0 radical (unpaired) electrons. The number of carbonyl (C=O) groups is 2. The SMILES string of the molecule is O=C(COC(=O)c1c2c(nc3ccccc13)CCC2)Nc1cccc(S(=O)(=O)N2CCOCC2)c1. The summed E-state index contributed by atoms with van der Waals surface area (Å²) >= 11 is 0. The van der Waals surface area contributed by atoms with Crippen LogP contribution in [0.1, 0.15) is 28.0 Å². The zero-order valence-corrected chi connectivity index (χ0v) is 19.8. The van der Waals surface area contributed by atoms with E-state index in [2.05, 4.69) is 10.3 Å². The van der Waals surface area contributed by atoms with Gasteiger partial charge in [0.05, 0.1) is 29.2 Å². The van der Waals surface area contributed by atoms with Gasteiger partial charge in [-0.05, 0) is 49.1 Å². The summed E-state index contributed by atoms with van der Waals surface area (Å²) in [5.74, 6) is -1.13. The molecule has 0 atom stereocenters. The summed E-state index contributed by atoms with van der Waals surface area (Å²) in [6.45, 7) is 0.753. The number of ether oxygens (including phenoxy) is 2. The summed E-state index contributed by atoms with van der Waals surface area (Å²) in [6.07, 6.45) is 2.47. The fraction of sp³-hybridized carbons (Fsp3) is 0.320. The lowest BCUT2D eigenvalue weighted by Gasteiger charge is -2.26. The van der Waals surface area contributed by atoms with Crippen LogP contribution in [0.4, 0.5) is 5.69 Å². The van der Waals surface area contributed by atoms with E-state index in [4.69, 9.17) is 9.47 Å². The second kappa shape index (κ2) is 9.73. The quantitative estimate of drug-likeness (QED) is 0.523. The zero-order valence-electron chi connectivity index (χ0n) is 19.0. The van der Waals surface area contributed by atoms with E-state index in [0.29, 0.717) is 29.9 Å². The van der Waals surface area contributed by atoms with Gasteiger partial charge in [-0.1, -0.05) is 24.3 Å². The van der Waals surface area contributed by atoms with E-state index in [0.717, 1.165) is 36.0 Å². The van der Waals surface area contributed by atoms with Crippen LogP contribution >= 0.6 is 0 Å². The van der Waals surface area contributed by atoms with Gasteiger partial charge in [0.1, 0.15) is 0 Å². The highest BCUT2D eigenvalue weighted by molar-refractivity contribution is 7.89. The van der Waals surface area contributed by atoms with Crippen molar-refractivity contribution in [3.05, 3.63) is 65.4 Å². The first-order valence-electron chi connectivity index (χ1n) is 11.5. The van der Waals surface area contributed by atoms with Crippen LogP contribution in [0, 0.1) is 0 Å². The van der Waals surface area contributed by atoms with Gasteiger partial charge in [0.25, 0.3) is 5.91 Å². The predicted octanol–water partition coefficient (Wildman–Crippen LogP) is 2.54. The Hall–Kier alpha value is -3.34. The highest BCUT2D eigenvalue weighted by Gasteiger charge is 2.27. The monoisotopic (exact) mass is 495 g/mol. The number of hydrogen-bond acceptors (Lipinski definition) is 7. The van der Waals surface area contributed by atoms with Crippen LogP contribution < -0.4 is 5.32 Å². The number of rotatable bonds is 6. The number of benzene rings is 2. The number of hydrogen-bond donors (Lipinski definition) is 1. The smallest absolute Gasteiger partial charge is 0.339 e. The number of sulfonamides is 1. The third-order valence-electron chi connectivity index (χ3n) is 6.18. The Morgan fingerprint density at radius 2 is 1.86 bits per heavy atom. The van der Waals surface area contributed by atoms with E-state index in [1.165, 1.54) is 16.4 Å². The van der Waals surface area contributed by atoms with Gasteiger partial charge in [-0.2, -0.15) is 4.31 Å². The van der Waals surface area contributed by atoms with Gasteiger partial charge in [0.2, 0.25) is 10.0 Å². The fourth-order valence-electron chi connectivity index (χ4n) is 4.51. The summed E-state index contributed by atoms with van der Waals surface area (Å²) < 4.78 is 37.7. The Bertz CT molecular complexity index is 1400. The largest absolute Gasteiger partial charge is 0.452 e. The molecule has 2 aromatic carbocycles. The lowest BCUT2D eigenvalue weighted by atomic mass is 10.0. The third-order valence-corrected chi connectivity index (χ3v) is 8.08. The average Bonchev–Trinajstić information content (AvgIpc) is 3.34. The summed E-state index contributed by atoms with van der Waals surface area (Å²) in [4.78, 5) is 30.3. The van der Waals surface area contributed by atoms with Crippen molar-refractivity contribution in [3.8, 4) is 0 Å². The Morgan fingerprint density at radius 1 is 1.06 bits per heavy atom. The molecular formula is C25H25N3O6S. The van der Waals surface area contributed by atoms with E-state index in [-0.39, 0.29) is 18.0 Å². The topological polar surface area (TPSA) is 115 Å². The molecule has 35 heavy (non-hydrogen) atoms. The molecule has 1 N–H and O–H groups in total. The molecule has 3 aromatic rings. The van der Waals surface area contributed by atoms with E-state index in [9.17, 15) is 18.0 Å². The molecule has 1 amide bonds. The van der Waals surface area contributed by atoms with Crippen molar-refractivity contribution < 1.29 is 27.5 Å². The Kier molecular flexibility index (Phi) is 6.50. The van der Waals surface area contributed by atoms with Crippen molar-refractivity contribution in [2.45, 2.75) is 24.2 Å². The molecule has 1 fully saturated rings. The molecule has 0 saturated carbocycles. The number of nitrogens with zero attached hydrogens (tertiary/aromatic N) is 2. The molecule has 0 spiro atoms. The minimum atomic E-state index is -3.70.